The van der Waals surface area contributed by atoms with E-state index in [9.17, 15) is 0 Å². The van der Waals surface area contributed by atoms with Crippen LogP contribution in [0.25, 0.3) is 11.4 Å². The van der Waals surface area contributed by atoms with Gasteiger partial charge in [0.15, 0.2) is 5.82 Å². The van der Waals surface area contributed by atoms with E-state index in [1.165, 1.54) is 6.07 Å². The molecule has 0 atom stereocenters. The first kappa shape index (κ1) is 10.9. The summed E-state index contributed by atoms with van der Waals surface area (Å²) in [4.78, 5) is 8.18. The lowest BCUT2D eigenvalue weighted by molar-refractivity contribution is 1.18. The fourth-order valence-corrected chi connectivity index (χ4v) is 1.81. The summed E-state index contributed by atoms with van der Waals surface area (Å²) in [7, 11) is 0. The Kier molecular flexibility index (Phi) is 3.24. The van der Waals surface area contributed by atoms with Crippen molar-refractivity contribution in [1.29, 1.82) is 0 Å². The zero-order chi connectivity index (χ0) is 10.8. The lowest BCUT2D eigenvalue weighted by Gasteiger charge is -2.01. The van der Waals surface area contributed by atoms with Gasteiger partial charge in [0.05, 0.1) is 0 Å². The first-order valence-corrected chi connectivity index (χ1v) is 5.66. The predicted octanol–water partition coefficient (Wildman–Crippen LogP) is 4.21. The van der Waals surface area contributed by atoms with Crippen molar-refractivity contribution in [2.24, 2.45) is 0 Å². The maximum atomic E-state index is 5.79. The van der Waals surface area contributed by atoms with Gasteiger partial charge in [0.2, 0.25) is 0 Å². The van der Waals surface area contributed by atoms with Gasteiger partial charge < -0.3 is 0 Å². The molecule has 0 N–H and O–H groups in total. The molecule has 2 rings (SSSR count). The van der Waals surface area contributed by atoms with Gasteiger partial charge in [0, 0.05) is 16.1 Å². The normalized spacial score (nSPS) is 10.3. The summed E-state index contributed by atoms with van der Waals surface area (Å²) in [5.74, 6) is 0.528. The van der Waals surface area contributed by atoms with Crippen LogP contribution in [0.2, 0.25) is 10.3 Å². The maximum absolute atomic E-state index is 5.79. The van der Waals surface area contributed by atoms with Crippen molar-refractivity contribution >= 4 is 39.1 Å². The van der Waals surface area contributed by atoms with Gasteiger partial charge in [-0.2, -0.15) is 0 Å². The first-order valence-electron chi connectivity index (χ1n) is 4.11. The molecule has 1 heterocycles. The van der Waals surface area contributed by atoms with Crippen LogP contribution in [0.15, 0.2) is 34.8 Å². The number of rotatable bonds is 1. The third-order valence-electron chi connectivity index (χ3n) is 1.77. The minimum absolute atomic E-state index is 0.341. The molecule has 0 radical (unpaired) electrons. The summed E-state index contributed by atoms with van der Waals surface area (Å²) in [6.07, 6.45) is 0. The molecule has 1 aromatic carbocycles. The molecule has 0 fully saturated rings. The summed E-state index contributed by atoms with van der Waals surface area (Å²) < 4.78 is 0.999. The molecule has 0 amide bonds. The third kappa shape index (κ3) is 2.68. The number of nitrogens with zero attached hydrogens (tertiary/aromatic N) is 2. The average Bonchev–Trinajstić information content (AvgIpc) is 2.17. The van der Waals surface area contributed by atoms with Crippen LogP contribution in [0, 0.1) is 0 Å². The molecule has 76 valence electrons. The highest BCUT2D eigenvalue weighted by Gasteiger charge is 2.04. The Hall–Kier alpha value is -0.640. The van der Waals surface area contributed by atoms with Crippen LogP contribution in [0.5, 0.6) is 0 Å². The van der Waals surface area contributed by atoms with Crippen molar-refractivity contribution in [3.8, 4) is 11.4 Å². The van der Waals surface area contributed by atoms with Crippen molar-refractivity contribution < 1.29 is 0 Å². The van der Waals surface area contributed by atoms with E-state index < -0.39 is 0 Å². The number of hydrogen-bond acceptors (Lipinski definition) is 2. The van der Waals surface area contributed by atoms with Crippen molar-refractivity contribution in [2.45, 2.75) is 0 Å². The number of benzene rings is 1. The minimum atomic E-state index is 0.341. The standard InChI is InChI=1S/C10H5BrCl2N2/c11-7-3-1-6(2-4-7)10-14-8(12)5-9(13)15-10/h1-5H. The number of aromatic nitrogens is 2. The molecule has 0 saturated heterocycles. The van der Waals surface area contributed by atoms with Crippen LogP contribution >= 0.6 is 39.1 Å². The molecule has 0 bridgehead atoms. The van der Waals surface area contributed by atoms with Gasteiger partial charge in [-0.3, -0.25) is 0 Å². The highest BCUT2D eigenvalue weighted by molar-refractivity contribution is 9.10. The number of halogens is 3. The van der Waals surface area contributed by atoms with Crippen LogP contribution in [-0.2, 0) is 0 Å². The van der Waals surface area contributed by atoms with Gasteiger partial charge in [-0.05, 0) is 12.1 Å². The van der Waals surface area contributed by atoms with Crippen LogP contribution in [0.3, 0.4) is 0 Å². The van der Waals surface area contributed by atoms with Gasteiger partial charge in [-0.1, -0.05) is 51.3 Å². The van der Waals surface area contributed by atoms with Gasteiger partial charge in [0.1, 0.15) is 10.3 Å². The van der Waals surface area contributed by atoms with E-state index in [1.807, 2.05) is 24.3 Å². The Bertz CT molecular complexity index is 465. The second kappa shape index (κ2) is 4.47. The Labute approximate surface area is 105 Å². The zero-order valence-corrected chi connectivity index (χ0v) is 10.5. The van der Waals surface area contributed by atoms with Crippen LogP contribution < -0.4 is 0 Å². The van der Waals surface area contributed by atoms with E-state index in [4.69, 9.17) is 23.2 Å². The van der Waals surface area contributed by atoms with Gasteiger partial charge in [0.25, 0.3) is 0 Å². The number of hydrogen-bond donors (Lipinski definition) is 0. The predicted molar refractivity (Wildman–Crippen MR) is 65.2 cm³/mol. The van der Waals surface area contributed by atoms with E-state index in [0.717, 1.165) is 10.0 Å². The highest BCUT2D eigenvalue weighted by atomic mass is 79.9. The molecule has 0 saturated carbocycles. The zero-order valence-electron chi connectivity index (χ0n) is 7.42. The lowest BCUT2D eigenvalue weighted by Crippen LogP contribution is -1.89. The largest absolute Gasteiger partial charge is 0.216 e. The molecule has 0 aliphatic heterocycles. The first-order chi connectivity index (χ1) is 7.15. The second-order valence-corrected chi connectivity index (χ2v) is 4.53. The summed E-state index contributed by atoms with van der Waals surface area (Å²) in [5.41, 5.74) is 0.877. The molecule has 0 unspecified atom stereocenters. The van der Waals surface area contributed by atoms with Crippen molar-refractivity contribution in [3.05, 3.63) is 45.1 Å². The molecule has 5 heteroatoms. The Balaban J connectivity index is 2.49. The molecule has 2 aromatic rings. The quantitative estimate of drug-likeness (QED) is 0.737. The maximum Gasteiger partial charge on any atom is 0.162 e. The van der Waals surface area contributed by atoms with Gasteiger partial charge in [-0.25, -0.2) is 9.97 Å². The molecule has 0 aliphatic rings. The molecule has 2 nitrogen and oxygen atoms in total. The third-order valence-corrected chi connectivity index (χ3v) is 2.68. The Morgan fingerprint density at radius 3 is 2.00 bits per heavy atom. The van der Waals surface area contributed by atoms with Gasteiger partial charge >= 0.3 is 0 Å². The van der Waals surface area contributed by atoms with Crippen LogP contribution in [0.1, 0.15) is 0 Å². The average molecular weight is 304 g/mol. The molecule has 0 aliphatic carbocycles. The smallest absolute Gasteiger partial charge is 0.162 e. The molecule has 0 spiro atoms. The Morgan fingerprint density at radius 1 is 0.933 bits per heavy atom. The molecular weight excluding hydrogens is 299 g/mol. The summed E-state index contributed by atoms with van der Waals surface area (Å²) >= 11 is 14.9. The van der Waals surface area contributed by atoms with Crippen molar-refractivity contribution in [2.75, 3.05) is 0 Å². The summed E-state index contributed by atoms with van der Waals surface area (Å²) in [6.45, 7) is 0. The molecule has 15 heavy (non-hydrogen) atoms. The van der Waals surface area contributed by atoms with Crippen molar-refractivity contribution in [3.63, 3.8) is 0 Å². The fraction of sp³-hybridized carbons (Fsp3) is 0. The summed E-state index contributed by atoms with van der Waals surface area (Å²) in [5, 5.41) is 0.681. The molecule has 1 aromatic heterocycles. The van der Waals surface area contributed by atoms with Crippen molar-refractivity contribution in [1.82, 2.24) is 9.97 Å². The van der Waals surface area contributed by atoms with E-state index in [-0.39, 0.29) is 0 Å². The van der Waals surface area contributed by atoms with E-state index in [0.29, 0.717) is 16.1 Å². The minimum Gasteiger partial charge on any atom is -0.216 e. The topological polar surface area (TPSA) is 25.8 Å². The SMILES string of the molecule is Clc1cc(Cl)nc(-c2ccc(Br)cc2)n1. The van der Waals surface area contributed by atoms with E-state index in [1.54, 1.807) is 0 Å². The fourth-order valence-electron chi connectivity index (χ4n) is 1.12. The highest BCUT2D eigenvalue weighted by Crippen LogP contribution is 2.21. The molecular formula is C10H5BrCl2N2. The van der Waals surface area contributed by atoms with Crippen LogP contribution in [-0.4, -0.2) is 9.97 Å². The van der Waals surface area contributed by atoms with Gasteiger partial charge in [-0.15, -0.1) is 0 Å². The van der Waals surface area contributed by atoms with Crippen LogP contribution in [0.4, 0.5) is 0 Å². The van der Waals surface area contributed by atoms with E-state index in [2.05, 4.69) is 25.9 Å². The monoisotopic (exact) mass is 302 g/mol. The lowest BCUT2D eigenvalue weighted by atomic mass is 10.2. The second-order valence-electron chi connectivity index (χ2n) is 2.84. The summed E-state index contributed by atoms with van der Waals surface area (Å²) in [6, 6.07) is 9.12. The Morgan fingerprint density at radius 2 is 1.47 bits per heavy atom. The van der Waals surface area contributed by atoms with E-state index >= 15 is 0 Å².